The number of halogens is 3. The molecule has 11 heteroatoms. The Labute approximate surface area is 203 Å². The smallest absolute Gasteiger partial charge is 0.407 e. The fraction of sp³-hybridized carbons (Fsp3) is 0.391. The first-order valence-corrected chi connectivity index (χ1v) is 11.5. The van der Waals surface area contributed by atoms with Crippen LogP contribution >= 0.6 is 15.9 Å². The number of hydrogen-bond donors (Lipinski definition) is 2. The Bertz CT molecular complexity index is 1230. The minimum Gasteiger partial charge on any atom is -0.453 e. The molecular formula is C23H24BrF2N5O3. The quantitative estimate of drug-likeness (QED) is 0.494. The summed E-state index contributed by atoms with van der Waals surface area (Å²) in [4.78, 5) is 38.0. The van der Waals surface area contributed by atoms with Crippen molar-refractivity contribution in [2.45, 2.75) is 38.3 Å². The molecule has 1 aliphatic rings. The molecule has 3 heterocycles. The van der Waals surface area contributed by atoms with Gasteiger partial charge in [0, 0.05) is 16.3 Å². The van der Waals surface area contributed by atoms with Crippen molar-refractivity contribution in [2.24, 2.45) is 5.92 Å². The van der Waals surface area contributed by atoms with Crippen LogP contribution in [0.3, 0.4) is 0 Å². The number of aromatic amines is 1. The highest BCUT2D eigenvalue weighted by molar-refractivity contribution is 9.10. The second kappa shape index (κ2) is 9.28. The second-order valence-corrected chi connectivity index (χ2v) is 9.53. The van der Waals surface area contributed by atoms with Crippen molar-refractivity contribution < 1.29 is 23.1 Å². The molecule has 1 fully saturated rings. The highest BCUT2D eigenvalue weighted by Crippen LogP contribution is 2.41. The maximum Gasteiger partial charge on any atom is 0.407 e. The van der Waals surface area contributed by atoms with Gasteiger partial charge >= 0.3 is 6.09 Å². The van der Waals surface area contributed by atoms with Crippen molar-refractivity contribution in [3.05, 3.63) is 46.8 Å². The molecule has 0 radical (unpaired) electrons. The minimum atomic E-state index is -3.09. The number of nitrogens with one attached hydrogen (secondary N) is 2. The highest BCUT2D eigenvalue weighted by atomic mass is 79.9. The lowest BCUT2D eigenvalue weighted by Crippen LogP contribution is -2.51. The molecule has 2 unspecified atom stereocenters. The number of likely N-dealkylation sites (tertiary alicyclic amines) is 1. The van der Waals surface area contributed by atoms with Crippen LogP contribution in [0.15, 0.2) is 41.0 Å². The first kappa shape index (κ1) is 24.1. The average molecular weight is 536 g/mol. The van der Waals surface area contributed by atoms with Crippen LogP contribution < -0.4 is 5.32 Å². The van der Waals surface area contributed by atoms with E-state index in [-0.39, 0.29) is 11.7 Å². The lowest BCUT2D eigenvalue weighted by Gasteiger charge is -2.29. The van der Waals surface area contributed by atoms with Crippen LogP contribution in [0, 0.1) is 5.92 Å². The van der Waals surface area contributed by atoms with Gasteiger partial charge in [-0.1, -0.05) is 35.8 Å². The number of methoxy groups -OCH3 is 1. The number of amides is 2. The molecule has 0 saturated carbocycles. The van der Waals surface area contributed by atoms with Crippen molar-refractivity contribution in [3.63, 3.8) is 0 Å². The summed E-state index contributed by atoms with van der Waals surface area (Å²) < 4.78 is 34.4. The molecule has 2 N–H and O–H groups in total. The molecule has 180 valence electrons. The van der Waals surface area contributed by atoms with Gasteiger partial charge in [0.1, 0.15) is 11.9 Å². The van der Waals surface area contributed by atoms with Crippen molar-refractivity contribution in [2.75, 3.05) is 13.7 Å². The van der Waals surface area contributed by atoms with Gasteiger partial charge < -0.3 is 19.9 Å². The summed E-state index contributed by atoms with van der Waals surface area (Å²) in [6.45, 7) is 2.68. The first-order chi connectivity index (χ1) is 16.1. The van der Waals surface area contributed by atoms with Gasteiger partial charge in [-0.25, -0.2) is 23.5 Å². The zero-order chi connectivity index (χ0) is 24.6. The predicted octanol–water partition coefficient (Wildman–Crippen LogP) is 4.68. The van der Waals surface area contributed by atoms with Gasteiger partial charge in [-0.05, 0) is 30.2 Å². The summed E-state index contributed by atoms with van der Waals surface area (Å²) in [5.41, 5.74) is 1.92. The van der Waals surface area contributed by atoms with E-state index in [2.05, 4.69) is 40.9 Å². The number of benzene rings is 1. The van der Waals surface area contributed by atoms with Gasteiger partial charge in [-0.15, -0.1) is 0 Å². The van der Waals surface area contributed by atoms with Crippen molar-refractivity contribution >= 4 is 38.8 Å². The third-order valence-corrected chi connectivity index (χ3v) is 6.28. The largest absolute Gasteiger partial charge is 0.453 e. The number of carbonyl (C=O) groups is 2. The Kier molecular flexibility index (Phi) is 6.57. The molecule has 3 aromatic rings. The van der Waals surface area contributed by atoms with E-state index in [1.807, 2.05) is 30.3 Å². The van der Waals surface area contributed by atoms with E-state index in [4.69, 9.17) is 0 Å². The topological polar surface area (TPSA) is 100 Å². The Morgan fingerprint density at radius 3 is 2.76 bits per heavy atom. The number of aromatic nitrogens is 3. The number of ether oxygens (including phenoxy) is 1. The van der Waals surface area contributed by atoms with E-state index in [1.165, 1.54) is 13.3 Å². The Balaban J connectivity index is 1.63. The lowest BCUT2D eigenvalue weighted by molar-refractivity contribution is -0.136. The molecule has 2 aromatic heterocycles. The van der Waals surface area contributed by atoms with E-state index in [0.29, 0.717) is 11.4 Å². The molecule has 1 aliphatic heterocycles. The summed E-state index contributed by atoms with van der Waals surface area (Å²) in [6, 6.07) is 7.44. The molecular weight excluding hydrogens is 512 g/mol. The maximum atomic E-state index is 14.5. The van der Waals surface area contributed by atoms with Gasteiger partial charge in [-0.2, -0.15) is 0 Å². The molecule has 1 saturated heterocycles. The van der Waals surface area contributed by atoms with E-state index in [9.17, 15) is 18.4 Å². The van der Waals surface area contributed by atoms with E-state index >= 15 is 0 Å². The van der Waals surface area contributed by atoms with Crippen LogP contribution in [0.1, 0.15) is 32.1 Å². The van der Waals surface area contributed by atoms with E-state index in [0.717, 1.165) is 20.3 Å². The number of alkyl carbamates (subject to hydrolysis) is 1. The molecule has 0 bridgehead atoms. The number of hydrogen-bond acceptors (Lipinski definition) is 5. The predicted molar refractivity (Wildman–Crippen MR) is 125 cm³/mol. The van der Waals surface area contributed by atoms with Crippen LogP contribution in [-0.4, -0.2) is 57.5 Å². The van der Waals surface area contributed by atoms with Crippen LogP contribution in [0.25, 0.3) is 22.3 Å². The number of alkyl halides is 2. The Hall–Kier alpha value is -3.08. The number of carbonyl (C=O) groups excluding carboxylic acids is 2. The summed E-state index contributed by atoms with van der Waals surface area (Å²) in [6.07, 6.45) is 0.145. The van der Waals surface area contributed by atoms with Crippen LogP contribution in [0.4, 0.5) is 13.6 Å². The minimum absolute atomic E-state index is 0.235. The maximum absolute atomic E-state index is 14.5. The fourth-order valence-electron chi connectivity index (χ4n) is 4.05. The highest BCUT2D eigenvalue weighted by Gasteiger charge is 2.50. The van der Waals surface area contributed by atoms with Gasteiger partial charge in [0.15, 0.2) is 0 Å². The number of pyridine rings is 1. The van der Waals surface area contributed by atoms with Gasteiger partial charge in [0.25, 0.3) is 5.92 Å². The third-order valence-electron chi connectivity index (χ3n) is 5.78. The number of H-pyrrole nitrogens is 1. The third kappa shape index (κ3) is 4.89. The molecule has 34 heavy (non-hydrogen) atoms. The number of imidazole rings is 1. The Morgan fingerprint density at radius 1 is 1.29 bits per heavy atom. The SMILES string of the molecule is COC(=O)NC(C(=O)N1CC(F)(F)CC1c1ncc(-c2ccc3cc(Br)ccc3n2)[nH]1)C(C)C. The summed E-state index contributed by atoms with van der Waals surface area (Å²) in [7, 11) is 1.17. The Morgan fingerprint density at radius 2 is 2.06 bits per heavy atom. The molecule has 2 amide bonds. The number of nitrogens with zero attached hydrogens (tertiary/aromatic N) is 3. The van der Waals surface area contributed by atoms with Crippen molar-refractivity contribution in [1.29, 1.82) is 0 Å². The molecule has 4 rings (SSSR count). The molecule has 1 aromatic carbocycles. The summed E-state index contributed by atoms with van der Waals surface area (Å²) in [5.74, 6) is -3.81. The fourth-order valence-corrected chi connectivity index (χ4v) is 4.43. The average Bonchev–Trinajstić information content (AvgIpc) is 3.40. The van der Waals surface area contributed by atoms with Crippen molar-refractivity contribution in [3.8, 4) is 11.4 Å². The molecule has 8 nitrogen and oxygen atoms in total. The van der Waals surface area contributed by atoms with Crippen LogP contribution in [0.2, 0.25) is 0 Å². The normalized spacial score (nSPS) is 18.3. The first-order valence-electron chi connectivity index (χ1n) is 10.7. The van der Waals surface area contributed by atoms with E-state index < -0.39 is 43.0 Å². The zero-order valence-corrected chi connectivity index (χ0v) is 20.4. The summed E-state index contributed by atoms with van der Waals surface area (Å²) >= 11 is 3.43. The van der Waals surface area contributed by atoms with Crippen molar-refractivity contribution in [1.82, 2.24) is 25.2 Å². The van der Waals surface area contributed by atoms with Gasteiger partial charge in [0.05, 0.1) is 42.8 Å². The number of fused-ring (bicyclic) bond motifs is 1. The molecule has 0 aliphatic carbocycles. The van der Waals surface area contributed by atoms with E-state index in [1.54, 1.807) is 13.8 Å². The monoisotopic (exact) mass is 535 g/mol. The van der Waals surface area contributed by atoms with Gasteiger partial charge in [-0.3, -0.25) is 4.79 Å². The summed E-state index contributed by atoms with van der Waals surface area (Å²) in [5, 5.41) is 3.40. The number of rotatable bonds is 5. The second-order valence-electron chi connectivity index (χ2n) is 8.62. The van der Waals surface area contributed by atoms with Gasteiger partial charge in [0.2, 0.25) is 5.91 Å². The molecule has 2 atom stereocenters. The molecule has 0 spiro atoms. The standard InChI is InChI=1S/C23H24BrF2N5O3/c1-12(2)19(30-22(33)34-3)21(32)31-11-23(25,26)9-18(31)20-27-10-17(29-20)16-6-4-13-8-14(24)5-7-15(13)28-16/h4-8,10,12,18-19H,9,11H2,1-3H3,(H,27,29)(H,30,33). The lowest BCUT2D eigenvalue weighted by atomic mass is 10.0. The zero-order valence-electron chi connectivity index (χ0n) is 18.8. The van der Waals surface area contributed by atoms with Crippen LogP contribution in [-0.2, 0) is 9.53 Å². The van der Waals surface area contributed by atoms with Crippen LogP contribution in [0.5, 0.6) is 0 Å².